The number of fused-ring (bicyclic) bond motifs is 1. The van der Waals surface area contributed by atoms with Crippen LogP contribution >= 0.6 is 0 Å². The van der Waals surface area contributed by atoms with Crippen LogP contribution in [-0.4, -0.2) is 28.5 Å². The number of benzene rings is 3. The van der Waals surface area contributed by atoms with Gasteiger partial charge in [0, 0.05) is 23.3 Å². The first kappa shape index (κ1) is 24.8. The Balaban J connectivity index is 1.38. The maximum atomic E-state index is 13.3. The SMILES string of the molecule is O=C(O[C@@H](C(=O)c1ccccc1)c1ccc([N+](=O)[O-])cc1)c1ccc(N2C(=O)[C@H]3CC=CC[C@H]3C2=O)cc1. The Bertz CT molecular complexity index is 1420. The van der Waals surface area contributed by atoms with Gasteiger partial charge in [-0.05, 0) is 49.2 Å². The van der Waals surface area contributed by atoms with E-state index in [0.717, 1.165) is 4.90 Å². The van der Waals surface area contributed by atoms with Crippen molar-refractivity contribution in [2.24, 2.45) is 11.8 Å². The molecule has 2 aliphatic rings. The Hall–Kier alpha value is -4.92. The fraction of sp³-hybridized carbons (Fsp3) is 0.172. The zero-order chi connectivity index (χ0) is 26.8. The van der Waals surface area contributed by atoms with Gasteiger partial charge in [0.1, 0.15) is 0 Å². The number of allylic oxidation sites excluding steroid dienone is 2. The smallest absolute Gasteiger partial charge is 0.339 e. The molecule has 190 valence electrons. The quantitative estimate of drug-likeness (QED) is 0.111. The van der Waals surface area contributed by atoms with Gasteiger partial charge in [-0.3, -0.25) is 29.4 Å². The second-order valence-electron chi connectivity index (χ2n) is 9.08. The number of nitrogens with zero attached hydrogens (tertiary/aromatic N) is 2. The molecule has 9 heteroatoms. The molecule has 0 spiro atoms. The van der Waals surface area contributed by atoms with E-state index in [1.54, 1.807) is 30.3 Å². The molecule has 0 aromatic heterocycles. The van der Waals surface area contributed by atoms with E-state index in [9.17, 15) is 29.3 Å². The number of non-ortho nitro benzene ring substituents is 1. The molecule has 0 N–H and O–H groups in total. The maximum Gasteiger partial charge on any atom is 0.339 e. The fourth-order valence-electron chi connectivity index (χ4n) is 4.77. The number of ether oxygens (including phenoxy) is 1. The highest BCUT2D eigenvalue weighted by molar-refractivity contribution is 6.22. The van der Waals surface area contributed by atoms with Gasteiger partial charge >= 0.3 is 5.97 Å². The summed E-state index contributed by atoms with van der Waals surface area (Å²) in [5, 5.41) is 11.0. The number of nitro benzene ring substituents is 1. The fourth-order valence-corrected chi connectivity index (χ4v) is 4.77. The highest BCUT2D eigenvalue weighted by atomic mass is 16.6. The summed E-state index contributed by atoms with van der Waals surface area (Å²) < 4.78 is 5.61. The molecule has 1 aliphatic carbocycles. The first-order chi connectivity index (χ1) is 18.3. The summed E-state index contributed by atoms with van der Waals surface area (Å²) in [7, 11) is 0. The van der Waals surface area contributed by atoms with Crippen molar-refractivity contribution in [1.82, 2.24) is 0 Å². The van der Waals surface area contributed by atoms with Crippen molar-refractivity contribution in [3.8, 4) is 0 Å². The number of carbonyl (C=O) groups is 4. The van der Waals surface area contributed by atoms with Crippen LogP contribution in [0.25, 0.3) is 0 Å². The molecule has 0 saturated carbocycles. The predicted octanol–water partition coefficient (Wildman–Crippen LogP) is 4.83. The largest absolute Gasteiger partial charge is 0.445 e. The van der Waals surface area contributed by atoms with Gasteiger partial charge in [-0.25, -0.2) is 4.79 Å². The standard InChI is InChI=1S/C29H22N2O7/c32-25(18-6-2-1-3-7-18)26(19-10-16-22(17-11-19)31(36)37)38-29(35)20-12-14-21(15-13-20)30-27(33)23-8-4-5-9-24(23)28(30)34/h1-7,10-17,23-24,26H,8-9H2/t23-,24+,26-/m1/s1. The molecule has 0 bridgehead atoms. The number of carbonyl (C=O) groups excluding carboxylic acids is 4. The van der Waals surface area contributed by atoms with Crippen LogP contribution in [0, 0.1) is 22.0 Å². The minimum Gasteiger partial charge on any atom is -0.445 e. The molecule has 3 aromatic rings. The van der Waals surface area contributed by atoms with Crippen LogP contribution in [0.4, 0.5) is 11.4 Å². The molecule has 0 unspecified atom stereocenters. The number of imide groups is 1. The number of Topliss-reactive ketones (excluding diaryl/α,β-unsaturated/α-hetero) is 1. The second-order valence-corrected chi connectivity index (χ2v) is 9.08. The van der Waals surface area contributed by atoms with Gasteiger partial charge in [-0.15, -0.1) is 0 Å². The molecule has 38 heavy (non-hydrogen) atoms. The van der Waals surface area contributed by atoms with Gasteiger partial charge < -0.3 is 4.74 Å². The number of hydrogen-bond acceptors (Lipinski definition) is 7. The van der Waals surface area contributed by atoms with Crippen molar-refractivity contribution in [3.05, 3.63) is 118 Å². The lowest BCUT2D eigenvalue weighted by Gasteiger charge is -2.18. The third kappa shape index (κ3) is 4.61. The summed E-state index contributed by atoms with van der Waals surface area (Å²) in [4.78, 5) is 63.7. The van der Waals surface area contributed by atoms with Gasteiger partial charge in [-0.2, -0.15) is 0 Å². The Morgan fingerprint density at radius 3 is 1.95 bits per heavy atom. The molecule has 3 aromatic carbocycles. The third-order valence-electron chi connectivity index (χ3n) is 6.80. The van der Waals surface area contributed by atoms with Crippen LogP contribution in [0.15, 0.2) is 91.0 Å². The van der Waals surface area contributed by atoms with Crippen LogP contribution in [0.3, 0.4) is 0 Å². The molecule has 0 radical (unpaired) electrons. The number of nitro groups is 1. The lowest BCUT2D eigenvalue weighted by atomic mass is 9.85. The molecule has 1 aliphatic heterocycles. The van der Waals surface area contributed by atoms with Crippen LogP contribution in [-0.2, 0) is 14.3 Å². The van der Waals surface area contributed by atoms with E-state index in [0.29, 0.717) is 24.1 Å². The number of amides is 2. The number of anilines is 1. The first-order valence-corrected chi connectivity index (χ1v) is 12.0. The van der Waals surface area contributed by atoms with E-state index in [4.69, 9.17) is 4.74 Å². The molecular weight excluding hydrogens is 488 g/mol. The van der Waals surface area contributed by atoms with E-state index < -0.39 is 22.8 Å². The highest BCUT2D eigenvalue weighted by Crippen LogP contribution is 2.37. The lowest BCUT2D eigenvalue weighted by molar-refractivity contribution is -0.384. The maximum absolute atomic E-state index is 13.3. The van der Waals surface area contributed by atoms with Gasteiger partial charge in [0.15, 0.2) is 6.10 Å². The van der Waals surface area contributed by atoms with Gasteiger partial charge in [0.25, 0.3) is 5.69 Å². The average Bonchev–Trinajstić information content (AvgIpc) is 3.21. The molecule has 2 amide bonds. The Morgan fingerprint density at radius 2 is 1.39 bits per heavy atom. The summed E-state index contributed by atoms with van der Waals surface area (Å²) in [6.07, 6.45) is 3.52. The van der Waals surface area contributed by atoms with Crippen LogP contribution in [0.2, 0.25) is 0 Å². The summed E-state index contributed by atoms with van der Waals surface area (Å²) in [6, 6.07) is 19.3. The van der Waals surface area contributed by atoms with Crippen molar-refractivity contribution >= 4 is 34.9 Å². The minimum absolute atomic E-state index is 0.111. The van der Waals surface area contributed by atoms with E-state index in [1.165, 1.54) is 48.5 Å². The normalized spacial score (nSPS) is 19.1. The van der Waals surface area contributed by atoms with Gasteiger partial charge in [0.05, 0.1) is 28.0 Å². The molecule has 3 atom stereocenters. The molecule has 1 heterocycles. The van der Waals surface area contributed by atoms with E-state index in [2.05, 4.69) is 0 Å². The van der Waals surface area contributed by atoms with Crippen molar-refractivity contribution in [2.45, 2.75) is 18.9 Å². The number of ketones is 1. The van der Waals surface area contributed by atoms with Crippen LogP contribution in [0.5, 0.6) is 0 Å². The van der Waals surface area contributed by atoms with Crippen molar-refractivity contribution < 1.29 is 28.8 Å². The number of rotatable bonds is 7. The summed E-state index contributed by atoms with van der Waals surface area (Å²) in [5.41, 5.74) is 0.890. The Morgan fingerprint density at radius 1 is 0.816 bits per heavy atom. The molecule has 1 fully saturated rings. The van der Waals surface area contributed by atoms with E-state index in [1.807, 2.05) is 12.2 Å². The Kier molecular flexibility index (Phi) is 6.66. The van der Waals surface area contributed by atoms with Crippen molar-refractivity contribution in [2.75, 3.05) is 4.90 Å². The number of esters is 1. The minimum atomic E-state index is -1.34. The highest BCUT2D eigenvalue weighted by Gasteiger charge is 2.47. The molecular formula is C29H22N2O7. The topological polar surface area (TPSA) is 124 Å². The van der Waals surface area contributed by atoms with Crippen LogP contribution < -0.4 is 4.90 Å². The third-order valence-corrected chi connectivity index (χ3v) is 6.80. The van der Waals surface area contributed by atoms with Crippen molar-refractivity contribution in [3.63, 3.8) is 0 Å². The predicted molar refractivity (Wildman–Crippen MR) is 136 cm³/mol. The average molecular weight is 511 g/mol. The summed E-state index contributed by atoms with van der Waals surface area (Å²) >= 11 is 0. The van der Waals surface area contributed by atoms with E-state index in [-0.39, 0.29) is 40.5 Å². The molecule has 1 saturated heterocycles. The second kappa shape index (κ2) is 10.2. The number of hydrogen-bond donors (Lipinski definition) is 0. The Labute approximate surface area is 217 Å². The first-order valence-electron chi connectivity index (χ1n) is 12.0. The zero-order valence-electron chi connectivity index (χ0n) is 20.1. The van der Waals surface area contributed by atoms with Gasteiger partial charge in [-0.1, -0.05) is 42.5 Å². The van der Waals surface area contributed by atoms with E-state index >= 15 is 0 Å². The zero-order valence-corrected chi connectivity index (χ0v) is 20.1. The summed E-state index contributed by atoms with van der Waals surface area (Å²) in [6.45, 7) is 0. The lowest BCUT2D eigenvalue weighted by Crippen LogP contribution is -2.30. The summed E-state index contributed by atoms with van der Waals surface area (Å²) in [5.74, 6) is -2.56. The molecule has 5 rings (SSSR count). The van der Waals surface area contributed by atoms with Gasteiger partial charge in [0.2, 0.25) is 17.6 Å². The van der Waals surface area contributed by atoms with Crippen LogP contribution in [0.1, 0.15) is 45.2 Å². The monoisotopic (exact) mass is 510 g/mol. The molecule has 9 nitrogen and oxygen atoms in total. The van der Waals surface area contributed by atoms with Crippen molar-refractivity contribution in [1.29, 1.82) is 0 Å².